The molecule has 7 nitrogen and oxygen atoms in total. The molecule has 0 saturated carbocycles. The molecule has 0 atom stereocenters. The molecule has 0 aliphatic rings. The maximum Gasteiger partial charge on any atom is 0.151 e. The lowest BCUT2D eigenvalue weighted by atomic mass is 10.2. The number of rotatable bonds is 4. The monoisotopic (exact) mass is 465 g/mol. The van der Waals surface area contributed by atoms with Crippen molar-refractivity contribution in [2.24, 2.45) is 0 Å². The third kappa shape index (κ3) is 3.87. The van der Waals surface area contributed by atoms with Gasteiger partial charge >= 0.3 is 0 Å². The van der Waals surface area contributed by atoms with Crippen molar-refractivity contribution in [2.75, 3.05) is 5.32 Å². The fourth-order valence-electron chi connectivity index (χ4n) is 3.67. The van der Waals surface area contributed by atoms with Gasteiger partial charge in [0.05, 0.1) is 45.1 Å². The molecule has 0 amide bonds. The average Bonchev–Trinajstić information content (AvgIpc) is 3.59. The minimum atomic E-state index is -0.234. The van der Waals surface area contributed by atoms with Crippen LogP contribution in [0, 0.1) is 17.7 Å². The van der Waals surface area contributed by atoms with E-state index in [1.165, 1.54) is 23.7 Å². The molecule has 4 aromatic heterocycles. The molecule has 0 spiro atoms. The van der Waals surface area contributed by atoms with Gasteiger partial charge in [-0.25, -0.2) is 14.4 Å². The van der Waals surface area contributed by atoms with Crippen LogP contribution in [-0.2, 0) is 6.54 Å². The standard InChI is InChI=1S/C25H16FN7S/c26-21-4-2-1-3-17(21)14-33-23-8-6-19(9-18(23)13-31-33)32-25-24-22(27-15-28-25)10-20(34-24)7-5-16-11-29-30-12-16/h1-4,6,8-13,15H,14H2,(H,29,30)(H,27,28,32). The van der Waals surface area contributed by atoms with E-state index in [0.29, 0.717) is 17.9 Å². The molecule has 0 bridgehead atoms. The van der Waals surface area contributed by atoms with Crippen LogP contribution in [0.15, 0.2) is 73.4 Å². The van der Waals surface area contributed by atoms with Crippen molar-refractivity contribution in [3.05, 3.63) is 95.3 Å². The number of nitrogens with one attached hydrogen (secondary N) is 2. The summed E-state index contributed by atoms with van der Waals surface area (Å²) in [5, 5.41) is 15.4. The van der Waals surface area contributed by atoms with Crippen LogP contribution < -0.4 is 5.32 Å². The zero-order chi connectivity index (χ0) is 22.9. The molecular formula is C25H16FN7S. The Morgan fingerprint density at radius 1 is 1.06 bits per heavy atom. The normalized spacial score (nSPS) is 11.0. The number of thiophene rings is 1. The number of aromatic nitrogens is 6. The Labute approximate surface area is 197 Å². The van der Waals surface area contributed by atoms with E-state index in [9.17, 15) is 4.39 Å². The summed E-state index contributed by atoms with van der Waals surface area (Å²) < 4.78 is 16.8. The Hall–Kier alpha value is -4.55. The highest BCUT2D eigenvalue weighted by Crippen LogP contribution is 2.31. The summed E-state index contributed by atoms with van der Waals surface area (Å²) in [7, 11) is 0. The number of halogens is 1. The predicted octanol–water partition coefficient (Wildman–Crippen LogP) is 5.09. The number of H-pyrrole nitrogens is 1. The highest BCUT2D eigenvalue weighted by atomic mass is 32.1. The SMILES string of the molecule is Fc1ccccc1Cn1ncc2cc(Nc3ncnc4cc(C#Cc5cn[nH]c5)sc34)ccc21. The Kier molecular flexibility index (Phi) is 4.98. The van der Waals surface area contributed by atoms with E-state index in [2.05, 4.69) is 42.4 Å². The van der Waals surface area contributed by atoms with Crippen LogP contribution in [0.3, 0.4) is 0 Å². The molecule has 34 heavy (non-hydrogen) atoms. The molecule has 0 aliphatic carbocycles. The average molecular weight is 466 g/mol. The second-order valence-electron chi connectivity index (χ2n) is 7.58. The predicted molar refractivity (Wildman–Crippen MR) is 131 cm³/mol. The Morgan fingerprint density at radius 3 is 2.88 bits per heavy atom. The van der Waals surface area contributed by atoms with E-state index in [0.717, 1.165) is 37.2 Å². The van der Waals surface area contributed by atoms with E-state index >= 15 is 0 Å². The van der Waals surface area contributed by atoms with E-state index < -0.39 is 0 Å². The third-order valence-electron chi connectivity index (χ3n) is 5.32. The van der Waals surface area contributed by atoms with Crippen LogP contribution in [0.1, 0.15) is 16.0 Å². The van der Waals surface area contributed by atoms with Crippen LogP contribution in [0.5, 0.6) is 0 Å². The molecular weight excluding hydrogens is 449 g/mol. The number of fused-ring (bicyclic) bond motifs is 2. The largest absolute Gasteiger partial charge is 0.339 e. The molecule has 9 heteroatoms. The first-order valence-electron chi connectivity index (χ1n) is 10.4. The fraction of sp³-hybridized carbons (Fsp3) is 0.0400. The van der Waals surface area contributed by atoms with Gasteiger partial charge in [0.2, 0.25) is 0 Å². The number of aromatic amines is 1. The highest BCUT2D eigenvalue weighted by molar-refractivity contribution is 7.20. The zero-order valence-corrected chi connectivity index (χ0v) is 18.5. The molecule has 0 fully saturated rings. The minimum absolute atomic E-state index is 0.234. The maximum absolute atomic E-state index is 14.1. The van der Waals surface area contributed by atoms with E-state index in [1.54, 1.807) is 35.4 Å². The van der Waals surface area contributed by atoms with Gasteiger partial charge in [0.15, 0.2) is 5.82 Å². The summed E-state index contributed by atoms with van der Waals surface area (Å²) in [5.41, 5.74) is 4.05. The molecule has 6 aromatic rings. The number of hydrogen-bond donors (Lipinski definition) is 2. The topological polar surface area (TPSA) is 84.3 Å². The Morgan fingerprint density at radius 2 is 2.00 bits per heavy atom. The van der Waals surface area contributed by atoms with Crippen LogP contribution in [0.4, 0.5) is 15.9 Å². The van der Waals surface area contributed by atoms with Crippen molar-refractivity contribution in [3.8, 4) is 11.8 Å². The van der Waals surface area contributed by atoms with Gasteiger partial charge in [0, 0.05) is 22.8 Å². The van der Waals surface area contributed by atoms with Crippen molar-refractivity contribution >= 4 is 44.0 Å². The van der Waals surface area contributed by atoms with Crippen LogP contribution >= 0.6 is 11.3 Å². The van der Waals surface area contributed by atoms with E-state index in [-0.39, 0.29) is 5.82 Å². The van der Waals surface area contributed by atoms with E-state index in [4.69, 9.17) is 0 Å². The second kappa shape index (κ2) is 8.42. The maximum atomic E-state index is 14.1. The van der Waals surface area contributed by atoms with Crippen LogP contribution in [0.2, 0.25) is 0 Å². The first-order valence-corrected chi connectivity index (χ1v) is 11.3. The fourth-order valence-corrected chi connectivity index (χ4v) is 4.58. The van der Waals surface area contributed by atoms with Crippen LogP contribution in [0.25, 0.3) is 21.1 Å². The lowest BCUT2D eigenvalue weighted by molar-refractivity contribution is 0.590. The summed E-state index contributed by atoms with van der Waals surface area (Å²) in [5.74, 6) is 6.71. The first-order chi connectivity index (χ1) is 16.7. The molecule has 2 aromatic carbocycles. The molecule has 0 saturated heterocycles. The minimum Gasteiger partial charge on any atom is -0.339 e. The lowest BCUT2D eigenvalue weighted by Gasteiger charge is -2.08. The van der Waals surface area contributed by atoms with Gasteiger partial charge in [0.1, 0.15) is 12.1 Å². The van der Waals surface area contributed by atoms with Crippen molar-refractivity contribution in [3.63, 3.8) is 0 Å². The zero-order valence-electron chi connectivity index (χ0n) is 17.7. The summed E-state index contributed by atoms with van der Waals surface area (Å²) in [6.07, 6.45) is 6.75. The molecule has 2 N–H and O–H groups in total. The van der Waals surface area contributed by atoms with Gasteiger partial charge in [-0.3, -0.25) is 9.78 Å². The van der Waals surface area contributed by atoms with Crippen molar-refractivity contribution < 1.29 is 4.39 Å². The Bertz CT molecular complexity index is 1690. The summed E-state index contributed by atoms with van der Waals surface area (Å²) in [4.78, 5) is 9.71. The molecule has 0 aliphatic heterocycles. The van der Waals surface area contributed by atoms with Gasteiger partial charge in [0.25, 0.3) is 0 Å². The summed E-state index contributed by atoms with van der Waals surface area (Å²) in [6.45, 7) is 0.368. The van der Waals surface area contributed by atoms with Gasteiger partial charge < -0.3 is 5.32 Å². The summed E-state index contributed by atoms with van der Waals surface area (Å²) >= 11 is 1.53. The number of nitrogens with zero attached hydrogens (tertiary/aromatic N) is 5. The number of hydrogen-bond acceptors (Lipinski definition) is 6. The Balaban J connectivity index is 1.28. The van der Waals surface area contributed by atoms with E-state index in [1.807, 2.05) is 30.3 Å². The molecule has 0 radical (unpaired) electrons. The van der Waals surface area contributed by atoms with Gasteiger partial charge in [-0.1, -0.05) is 30.0 Å². The lowest BCUT2D eigenvalue weighted by Crippen LogP contribution is -2.03. The molecule has 164 valence electrons. The van der Waals surface area contributed by atoms with Gasteiger partial charge in [-0.15, -0.1) is 11.3 Å². The van der Waals surface area contributed by atoms with Gasteiger partial charge in [-0.05, 0) is 30.3 Å². The number of benzene rings is 2. The quantitative estimate of drug-likeness (QED) is 0.354. The van der Waals surface area contributed by atoms with Gasteiger partial charge in [-0.2, -0.15) is 10.2 Å². The molecule has 6 rings (SSSR count). The number of anilines is 2. The smallest absolute Gasteiger partial charge is 0.151 e. The van der Waals surface area contributed by atoms with Crippen molar-refractivity contribution in [1.29, 1.82) is 0 Å². The van der Waals surface area contributed by atoms with Crippen molar-refractivity contribution in [2.45, 2.75) is 6.54 Å². The third-order valence-corrected chi connectivity index (χ3v) is 6.37. The molecule has 4 heterocycles. The second-order valence-corrected chi connectivity index (χ2v) is 8.63. The highest BCUT2D eigenvalue weighted by Gasteiger charge is 2.11. The molecule has 0 unspecified atom stereocenters. The van der Waals surface area contributed by atoms with Crippen LogP contribution in [-0.4, -0.2) is 29.9 Å². The first kappa shape index (κ1) is 20.1. The summed E-state index contributed by atoms with van der Waals surface area (Å²) in [6, 6.07) is 14.6. The van der Waals surface area contributed by atoms with Crippen molar-refractivity contribution in [1.82, 2.24) is 29.9 Å².